The molecule has 0 bridgehead atoms. The topological polar surface area (TPSA) is 369 Å². The Hall–Kier alpha value is -2.65. The fraction of sp³-hybridized carbons (Fsp3) is 0.0571. The van der Waals surface area contributed by atoms with Crippen molar-refractivity contribution in [3.63, 3.8) is 0 Å². The van der Waals surface area contributed by atoms with Crippen LogP contribution in [0, 0.1) is 0 Å². The van der Waals surface area contributed by atoms with Crippen molar-refractivity contribution in [1.29, 1.82) is 0 Å². The van der Waals surface area contributed by atoms with Gasteiger partial charge in [-0.1, -0.05) is 0 Å². The number of phenols is 2. The van der Waals surface area contributed by atoms with Gasteiger partial charge >= 0.3 is 124 Å². The summed E-state index contributed by atoms with van der Waals surface area (Å²) in [4.78, 5) is 9.59. The molecule has 30 heteroatoms. The first-order chi connectivity index (χ1) is 28.4. The van der Waals surface area contributed by atoms with Gasteiger partial charge in [0.1, 0.15) is 57.6 Å². The van der Waals surface area contributed by atoms with E-state index in [0.29, 0.717) is 0 Å². The van der Waals surface area contributed by atoms with Gasteiger partial charge in [0, 0.05) is 22.1 Å². The fourth-order valence-electron chi connectivity index (χ4n) is 5.65. The zero-order valence-corrected chi connectivity index (χ0v) is 45.7. The fourth-order valence-corrected chi connectivity index (χ4v) is 8.05. The van der Waals surface area contributed by atoms with E-state index in [1.807, 2.05) is 0 Å². The van der Waals surface area contributed by atoms with E-state index in [9.17, 15) is 66.9 Å². The van der Waals surface area contributed by atoms with E-state index in [4.69, 9.17) is 4.74 Å². The van der Waals surface area contributed by atoms with Crippen LogP contribution in [0.3, 0.4) is 0 Å². The Morgan fingerprint density at radius 2 is 0.954 bits per heavy atom. The summed E-state index contributed by atoms with van der Waals surface area (Å²) in [5, 5.41) is 41.3. The Morgan fingerprint density at radius 1 is 0.538 bits per heavy atom. The smallest absolute Gasteiger partial charge is 0.744 e. The number of amides is 2. The van der Waals surface area contributed by atoms with Crippen LogP contribution in [0.2, 0.25) is 0 Å². The van der Waals surface area contributed by atoms with Gasteiger partial charge in [0.15, 0.2) is 11.5 Å². The predicted octanol–water partition coefficient (Wildman–Crippen LogP) is -6.09. The standard InChI is InChI=1S/C35H28N6O16S4.4Na/c1-2-57-27-12-7-23(17-28(27)59(48,49)50)39-41-32-30(61(54,55)56)16-19-14-22(6-11-26(19)34(32)43)37-35(44)36-21-5-10-25-18(13-21)15-29(60(51,52)53)31(33(25)42)40-38-20-3-8-24(9-4-20)58(45,46)47;;;;/h3-17,42-43H,2H2,1H3,(H2,36,37,44)(H,45,46,47)(H,48,49,50)(H,51,52,53)(H,54,55,56);;;;/q;4*+1/p-4. The molecule has 4 N–H and O–H groups in total. The number of carbonyl (C=O) groups excluding carboxylic acids is 1. The van der Waals surface area contributed by atoms with Crippen molar-refractivity contribution in [1.82, 2.24) is 0 Å². The Morgan fingerprint density at radius 3 is 1.35 bits per heavy atom. The number of aromatic hydroxyl groups is 2. The zero-order valence-electron chi connectivity index (χ0n) is 34.4. The molecule has 2 amide bonds. The third kappa shape index (κ3) is 14.2. The van der Waals surface area contributed by atoms with Gasteiger partial charge in [0.05, 0.1) is 37.6 Å². The molecule has 0 unspecified atom stereocenters. The maximum Gasteiger partial charge on any atom is 1.00 e. The summed E-state index contributed by atoms with van der Waals surface area (Å²) < 4.78 is 147. The molecule has 318 valence electrons. The number of hydrogen-bond donors (Lipinski definition) is 4. The monoisotopic (exact) mass is 1000 g/mol. The van der Waals surface area contributed by atoms with Crippen LogP contribution in [0.1, 0.15) is 6.92 Å². The molecule has 6 aromatic carbocycles. The van der Waals surface area contributed by atoms with E-state index in [-0.39, 0.29) is 175 Å². The summed E-state index contributed by atoms with van der Waals surface area (Å²) in [6.45, 7) is 1.56. The normalized spacial score (nSPS) is 11.9. The van der Waals surface area contributed by atoms with Gasteiger partial charge in [-0.15, -0.1) is 10.2 Å². The summed E-state index contributed by atoms with van der Waals surface area (Å²) in [6, 6.07) is 15.2. The number of benzene rings is 6. The number of nitrogens with zero attached hydrogens (tertiary/aromatic N) is 4. The molecule has 0 saturated carbocycles. The molecule has 6 aromatic rings. The molecule has 0 fully saturated rings. The van der Waals surface area contributed by atoms with Gasteiger partial charge in [0.25, 0.3) is 0 Å². The number of fused-ring (bicyclic) bond motifs is 2. The number of phenolic OH excluding ortho intramolecular Hbond substituents is 2. The summed E-state index contributed by atoms with van der Waals surface area (Å²) >= 11 is 0. The first-order valence-electron chi connectivity index (χ1n) is 16.7. The number of nitrogens with one attached hydrogen (secondary N) is 2. The van der Waals surface area contributed by atoms with Crippen LogP contribution in [0.5, 0.6) is 17.2 Å². The van der Waals surface area contributed by atoms with Gasteiger partial charge < -0.3 is 43.8 Å². The molecule has 0 spiro atoms. The van der Waals surface area contributed by atoms with Crippen LogP contribution >= 0.6 is 0 Å². The molecule has 0 aromatic heterocycles. The second-order valence-electron chi connectivity index (χ2n) is 12.4. The summed E-state index contributed by atoms with van der Waals surface area (Å²) in [5.74, 6) is -1.92. The molecular formula is C35H24N6Na4O16S4. The quantitative estimate of drug-likeness (QED) is 0.0504. The maximum absolute atomic E-state index is 13.0. The Bertz CT molecular complexity index is 3330. The average Bonchev–Trinajstić information content (AvgIpc) is 3.16. The van der Waals surface area contributed by atoms with Gasteiger partial charge in [-0.2, -0.15) is 10.2 Å². The molecular weight excluding hydrogens is 981 g/mol. The molecule has 0 aliphatic carbocycles. The molecule has 0 atom stereocenters. The van der Waals surface area contributed by atoms with E-state index in [1.54, 1.807) is 6.92 Å². The van der Waals surface area contributed by atoms with Crippen molar-refractivity contribution < 1.29 is 190 Å². The second-order valence-corrected chi connectivity index (χ2v) is 17.8. The van der Waals surface area contributed by atoms with Gasteiger partial charge in [-0.25, -0.2) is 38.5 Å². The average molecular weight is 1000 g/mol. The van der Waals surface area contributed by atoms with Crippen molar-refractivity contribution in [2.24, 2.45) is 20.5 Å². The van der Waals surface area contributed by atoms with Gasteiger partial charge in [0.2, 0.25) is 0 Å². The largest absolute Gasteiger partial charge is 1.00 e. The van der Waals surface area contributed by atoms with Crippen molar-refractivity contribution in [2.75, 3.05) is 17.2 Å². The van der Waals surface area contributed by atoms with Crippen molar-refractivity contribution in [3.8, 4) is 17.2 Å². The molecule has 0 aliphatic heterocycles. The van der Waals surface area contributed by atoms with Crippen LogP contribution in [-0.4, -0.2) is 74.7 Å². The van der Waals surface area contributed by atoms with Crippen LogP contribution < -0.4 is 134 Å². The predicted molar refractivity (Wildman–Crippen MR) is 208 cm³/mol. The summed E-state index contributed by atoms with van der Waals surface area (Å²) in [5.41, 5.74) is -1.94. The van der Waals surface area contributed by atoms with Gasteiger partial charge in [-0.3, -0.25) is 0 Å². The molecule has 0 saturated heterocycles. The van der Waals surface area contributed by atoms with E-state index in [2.05, 4.69) is 31.1 Å². The maximum atomic E-state index is 13.0. The van der Waals surface area contributed by atoms with E-state index in [1.165, 1.54) is 42.5 Å². The van der Waals surface area contributed by atoms with Gasteiger partial charge in [-0.05, 0) is 109 Å². The number of anilines is 2. The summed E-state index contributed by atoms with van der Waals surface area (Å²) in [7, 11) is -20.5. The minimum absolute atomic E-state index is 0. The number of rotatable bonds is 12. The second kappa shape index (κ2) is 23.1. The zero-order chi connectivity index (χ0) is 44.7. The summed E-state index contributed by atoms with van der Waals surface area (Å²) in [6.07, 6.45) is 0. The Kier molecular flexibility index (Phi) is 20.8. The van der Waals surface area contributed by atoms with Crippen LogP contribution in [0.25, 0.3) is 21.5 Å². The van der Waals surface area contributed by atoms with E-state index in [0.717, 1.165) is 48.5 Å². The number of urea groups is 1. The number of carbonyl (C=O) groups is 1. The third-order valence-corrected chi connectivity index (χ3v) is 11.7. The van der Waals surface area contributed by atoms with Crippen molar-refractivity contribution in [2.45, 2.75) is 26.5 Å². The third-order valence-electron chi connectivity index (χ3n) is 8.31. The van der Waals surface area contributed by atoms with E-state index < -0.39 is 89.0 Å². The number of hydrogen-bond acceptors (Lipinski definition) is 20. The molecule has 0 heterocycles. The Balaban J connectivity index is 0.00000363. The van der Waals surface area contributed by atoms with E-state index >= 15 is 0 Å². The molecule has 0 aliphatic rings. The molecule has 65 heavy (non-hydrogen) atoms. The molecule has 6 rings (SSSR count). The molecule has 0 radical (unpaired) electrons. The Labute approximate surface area is 458 Å². The first-order valence-corrected chi connectivity index (χ1v) is 22.3. The SMILES string of the molecule is CCOc1ccc(N=Nc2c(S(=O)(=O)[O-])cc3cc(NC(=O)Nc4ccc5c(O)c(N=Nc6ccc(S(=O)(=O)[O-])cc6)c(S(=O)(=O)[O-])cc5c4)ccc3c2O)cc1S(=O)(=O)[O-].[Na+].[Na+].[Na+].[Na+]. The minimum atomic E-state index is -5.38. The first kappa shape index (κ1) is 58.5. The van der Waals surface area contributed by atoms with Crippen LogP contribution in [-0.2, 0) is 40.5 Å². The van der Waals surface area contributed by atoms with Crippen LogP contribution in [0.4, 0.5) is 38.9 Å². The van der Waals surface area contributed by atoms with Crippen molar-refractivity contribution >= 4 is 102 Å². The van der Waals surface area contributed by atoms with Crippen molar-refractivity contribution in [3.05, 3.63) is 91.0 Å². The number of ether oxygens (including phenoxy) is 1. The van der Waals surface area contributed by atoms with Crippen LogP contribution in [0.15, 0.2) is 131 Å². The molecule has 22 nitrogen and oxygen atoms in total. The number of azo groups is 2. The minimum Gasteiger partial charge on any atom is -0.744 e.